The average Bonchev–Trinajstić information content (AvgIpc) is 2.63. The van der Waals surface area contributed by atoms with Gasteiger partial charge in [0.1, 0.15) is 5.82 Å². The number of nitrogen functional groups attached to an aromatic ring is 1. The normalized spacial score (nSPS) is 10.3. The fourth-order valence-corrected chi connectivity index (χ4v) is 3.21. The van der Waals surface area contributed by atoms with Gasteiger partial charge in [0.2, 0.25) is 11.9 Å². The van der Waals surface area contributed by atoms with Gasteiger partial charge in [0, 0.05) is 11.4 Å². The molecule has 0 aliphatic heterocycles. The smallest absolute Gasteiger partial charge is 0.232 e. The van der Waals surface area contributed by atoms with Gasteiger partial charge in [-0.1, -0.05) is 30.3 Å². The summed E-state index contributed by atoms with van der Waals surface area (Å²) in [6.07, 6.45) is 0. The second kappa shape index (κ2) is 8.32. The minimum absolute atomic E-state index is 0.193. The molecule has 2 aromatic carbocycles. The van der Waals surface area contributed by atoms with Crippen LogP contribution < -0.4 is 11.1 Å². The highest BCUT2D eigenvalue weighted by atomic mass is 32.2. The fourth-order valence-electron chi connectivity index (χ4n) is 2.38. The Morgan fingerprint density at radius 3 is 2.73 bits per heavy atom. The molecule has 26 heavy (non-hydrogen) atoms. The fraction of sp³-hybridized carbons (Fsp3) is 0.158. The van der Waals surface area contributed by atoms with E-state index in [9.17, 15) is 0 Å². The van der Waals surface area contributed by atoms with Gasteiger partial charge in [-0.2, -0.15) is 20.2 Å². The number of anilines is 3. The maximum atomic E-state index is 8.96. The van der Waals surface area contributed by atoms with Crippen molar-refractivity contribution in [3.63, 3.8) is 0 Å². The SMILES string of the molecule is Cc1ccccc1Nc1nc(N)nc(CSCc2cccc(C#N)c2)n1. The first-order valence-corrected chi connectivity index (χ1v) is 9.19. The molecule has 0 spiro atoms. The minimum atomic E-state index is 0.193. The van der Waals surface area contributed by atoms with Gasteiger partial charge in [-0.05, 0) is 36.2 Å². The van der Waals surface area contributed by atoms with E-state index in [1.165, 1.54) is 0 Å². The quantitative estimate of drug-likeness (QED) is 0.687. The second-order valence-corrected chi connectivity index (χ2v) is 6.66. The van der Waals surface area contributed by atoms with Crippen LogP contribution in [0.3, 0.4) is 0 Å². The monoisotopic (exact) mass is 362 g/mol. The third-order valence-corrected chi connectivity index (χ3v) is 4.65. The summed E-state index contributed by atoms with van der Waals surface area (Å²) in [7, 11) is 0. The Balaban J connectivity index is 1.66. The van der Waals surface area contributed by atoms with E-state index < -0.39 is 0 Å². The van der Waals surface area contributed by atoms with Gasteiger partial charge < -0.3 is 11.1 Å². The van der Waals surface area contributed by atoms with Gasteiger partial charge in [0.25, 0.3) is 0 Å². The van der Waals surface area contributed by atoms with Crippen molar-refractivity contribution in [2.24, 2.45) is 0 Å². The molecule has 0 amide bonds. The number of nitriles is 1. The Kier molecular flexibility index (Phi) is 5.66. The lowest BCUT2D eigenvalue weighted by Gasteiger charge is -2.09. The lowest BCUT2D eigenvalue weighted by atomic mass is 10.2. The van der Waals surface area contributed by atoms with Crippen molar-refractivity contribution in [1.82, 2.24) is 15.0 Å². The third-order valence-electron chi connectivity index (χ3n) is 3.65. The van der Waals surface area contributed by atoms with E-state index in [-0.39, 0.29) is 5.95 Å². The van der Waals surface area contributed by atoms with E-state index in [2.05, 4.69) is 26.3 Å². The predicted molar refractivity (Wildman–Crippen MR) is 105 cm³/mol. The molecule has 0 saturated carbocycles. The van der Waals surface area contributed by atoms with Crippen molar-refractivity contribution in [3.05, 3.63) is 71.0 Å². The first kappa shape index (κ1) is 17.7. The van der Waals surface area contributed by atoms with Gasteiger partial charge in [-0.15, -0.1) is 11.8 Å². The van der Waals surface area contributed by atoms with Gasteiger partial charge in [0.05, 0.1) is 17.4 Å². The summed E-state index contributed by atoms with van der Waals surface area (Å²) in [6, 6.07) is 17.6. The number of rotatable bonds is 6. The molecule has 130 valence electrons. The van der Waals surface area contributed by atoms with Crippen LogP contribution in [0.1, 0.15) is 22.5 Å². The Morgan fingerprint density at radius 1 is 1.08 bits per heavy atom. The van der Waals surface area contributed by atoms with Crippen molar-refractivity contribution < 1.29 is 0 Å². The molecule has 0 radical (unpaired) electrons. The van der Waals surface area contributed by atoms with Crippen LogP contribution in [0.5, 0.6) is 0 Å². The Bertz CT molecular complexity index is 951. The number of nitrogens with one attached hydrogen (secondary N) is 1. The third kappa shape index (κ3) is 4.71. The average molecular weight is 362 g/mol. The molecule has 3 N–H and O–H groups in total. The van der Waals surface area contributed by atoms with E-state index >= 15 is 0 Å². The molecule has 7 heteroatoms. The van der Waals surface area contributed by atoms with E-state index in [4.69, 9.17) is 11.0 Å². The molecule has 0 saturated heterocycles. The van der Waals surface area contributed by atoms with E-state index in [0.717, 1.165) is 22.6 Å². The largest absolute Gasteiger partial charge is 0.368 e. The number of aromatic nitrogens is 3. The number of benzene rings is 2. The molecule has 0 atom stereocenters. The summed E-state index contributed by atoms with van der Waals surface area (Å²) in [5.74, 6) is 2.62. The van der Waals surface area contributed by atoms with Crippen LogP contribution in [0.2, 0.25) is 0 Å². The minimum Gasteiger partial charge on any atom is -0.368 e. The zero-order valence-corrected chi connectivity index (χ0v) is 15.1. The number of hydrogen-bond donors (Lipinski definition) is 2. The Hall–Kier alpha value is -3.11. The molecule has 0 aliphatic rings. The Morgan fingerprint density at radius 2 is 1.92 bits per heavy atom. The van der Waals surface area contributed by atoms with Gasteiger partial charge in [0.15, 0.2) is 0 Å². The van der Waals surface area contributed by atoms with Crippen LogP contribution in [0.4, 0.5) is 17.6 Å². The molecule has 0 unspecified atom stereocenters. The lowest BCUT2D eigenvalue weighted by Crippen LogP contribution is -2.07. The van der Waals surface area contributed by atoms with E-state index in [1.807, 2.05) is 49.4 Å². The van der Waals surface area contributed by atoms with Crippen molar-refractivity contribution in [3.8, 4) is 6.07 Å². The summed E-state index contributed by atoms with van der Waals surface area (Å²) < 4.78 is 0. The summed E-state index contributed by atoms with van der Waals surface area (Å²) in [5, 5.41) is 12.2. The molecular weight excluding hydrogens is 344 g/mol. The van der Waals surface area contributed by atoms with E-state index in [0.29, 0.717) is 23.1 Å². The van der Waals surface area contributed by atoms with Crippen molar-refractivity contribution in [2.75, 3.05) is 11.1 Å². The number of hydrogen-bond acceptors (Lipinski definition) is 7. The summed E-state index contributed by atoms with van der Waals surface area (Å²) >= 11 is 1.66. The Labute approximate surface area is 156 Å². The molecule has 3 aromatic rings. The standard InChI is InChI=1S/C19H18N6S/c1-13-5-2-3-8-16(13)22-19-24-17(23-18(21)25-19)12-26-11-15-7-4-6-14(9-15)10-20/h2-9H,11-12H2,1H3,(H3,21,22,23,24,25). The number of para-hydroxylation sites is 1. The molecular formula is C19H18N6S. The van der Waals surface area contributed by atoms with Gasteiger partial charge in [-0.25, -0.2) is 0 Å². The van der Waals surface area contributed by atoms with Crippen LogP contribution in [0, 0.1) is 18.3 Å². The molecule has 0 aliphatic carbocycles. The van der Waals surface area contributed by atoms with Crippen molar-refractivity contribution in [1.29, 1.82) is 5.26 Å². The molecule has 1 heterocycles. The van der Waals surface area contributed by atoms with Crippen LogP contribution >= 0.6 is 11.8 Å². The lowest BCUT2D eigenvalue weighted by molar-refractivity contribution is 0.981. The molecule has 3 rings (SSSR count). The summed E-state index contributed by atoms with van der Waals surface area (Å²) in [4.78, 5) is 12.8. The molecule has 0 bridgehead atoms. The number of nitrogens with zero attached hydrogens (tertiary/aromatic N) is 4. The van der Waals surface area contributed by atoms with Gasteiger partial charge in [-0.3, -0.25) is 0 Å². The topological polar surface area (TPSA) is 101 Å². The highest BCUT2D eigenvalue weighted by Gasteiger charge is 2.07. The first-order valence-electron chi connectivity index (χ1n) is 8.04. The zero-order chi connectivity index (χ0) is 18.4. The van der Waals surface area contributed by atoms with Crippen LogP contribution in [-0.4, -0.2) is 15.0 Å². The van der Waals surface area contributed by atoms with E-state index in [1.54, 1.807) is 17.8 Å². The molecule has 1 aromatic heterocycles. The number of aryl methyl sites for hydroxylation is 1. The van der Waals surface area contributed by atoms with Crippen molar-refractivity contribution >= 4 is 29.3 Å². The summed E-state index contributed by atoms with van der Waals surface area (Å²) in [6.45, 7) is 2.01. The highest BCUT2D eigenvalue weighted by molar-refractivity contribution is 7.97. The van der Waals surface area contributed by atoms with Crippen LogP contribution in [-0.2, 0) is 11.5 Å². The molecule has 6 nitrogen and oxygen atoms in total. The molecule has 0 fully saturated rings. The van der Waals surface area contributed by atoms with Crippen molar-refractivity contribution in [2.45, 2.75) is 18.4 Å². The summed E-state index contributed by atoms with van der Waals surface area (Å²) in [5.41, 5.74) is 9.61. The maximum Gasteiger partial charge on any atom is 0.232 e. The second-order valence-electron chi connectivity index (χ2n) is 5.68. The highest BCUT2D eigenvalue weighted by Crippen LogP contribution is 2.20. The number of nitrogens with two attached hydrogens (primary N) is 1. The zero-order valence-electron chi connectivity index (χ0n) is 14.3. The maximum absolute atomic E-state index is 8.96. The predicted octanol–water partition coefficient (Wildman–Crippen LogP) is 3.81. The van der Waals surface area contributed by atoms with Crippen LogP contribution in [0.15, 0.2) is 48.5 Å². The first-order chi connectivity index (χ1) is 12.6. The van der Waals surface area contributed by atoms with Gasteiger partial charge >= 0.3 is 0 Å². The van der Waals surface area contributed by atoms with Crippen LogP contribution in [0.25, 0.3) is 0 Å². The number of thioether (sulfide) groups is 1.